The molecule has 0 unspecified atom stereocenters. The van der Waals surface area contributed by atoms with Crippen molar-refractivity contribution in [2.45, 2.75) is 13.3 Å². The molecule has 0 bridgehead atoms. The van der Waals surface area contributed by atoms with Crippen LogP contribution in [0.2, 0.25) is 5.15 Å². The zero-order valence-corrected chi connectivity index (χ0v) is 7.91. The van der Waals surface area contributed by atoms with Crippen molar-refractivity contribution in [3.05, 3.63) is 29.3 Å². The summed E-state index contributed by atoms with van der Waals surface area (Å²) in [6, 6.07) is 3.59. The molecule has 2 rings (SSSR count). The fourth-order valence-electron chi connectivity index (χ4n) is 1.23. The van der Waals surface area contributed by atoms with Crippen molar-refractivity contribution in [2.75, 3.05) is 0 Å². The summed E-state index contributed by atoms with van der Waals surface area (Å²) < 4.78 is 0. The van der Waals surface area contributed by atoms with E-state index in [0.717, 1.165) is 23.1 Å². The molecule has 0 N–H and O–H groups in total. The van der Waals surface area contributed by atoms with Gasteiger partial charge in [-0.05, 0) is 18.6 Å². The minimum atomic E-state index is 0.483. The molecule has 0 amide bonds. The zero-order chi connectivity index (χ0) is 9.26. The molecular formula is C9H8ClN3. The van der Waals surface area contributed by atoms with E-state index in [1.807, 2.05) is 13.0 Å². The third-order valence-electron chi connectivity index (χ3n) is 1.86. The van der Waals surface area contributed by atoms with Gasteiger partial charge < -0.3 is 0 Å². The Kier molecular flexibility index (Phi) is 2.10. The molecule has 0 saturated heterocycles. The van der Waals surface area contributed by atoms with E-state index in [1.165, 1.54) is 0 Å². The summed E-state index contributed by atoms with van der Waals surface area (Å²) in [5.41, 5.74) is 2.58. The summed E-state index contributed by atoms with van der Waals surface area (Å²) >= 11 is 5.78. The number of fused-ring (bicyclic) bond motifs is 1. The predicted octanol–water partition coefficient (Wildman–Crippen LogP) is 2.24. The van der Waals surface area contributed by atoms with Gasteiger partial charge in [-0.25, -0.2) is 15.0 Å². The number of pyridine rings is 1. The molecule has 2 aromatic heterocycles. The molecule has 13 heavy (non-hydrogen) atoms. The monoisotopic (exact) mass is 193 g/mol. The number of hydrogen-bond donors (Lipinski definition) is 0. The summed E-state index contributed by atoms with van der Waals surface area (Å²) in [5.74, 6) is 0. The van der Waals surface area contributed by atoms with E-state index in [2.05, 4.69) is 15.0 Å². The van der Waals surface area contributed by atoms with Gasteiger partial charge in [-0.2, -0.15) is 0 Å². The maximum Gasteiger partial charge on any atom is 0.129 e. The first-order valence-electron chi connectivity index (χ1n) is 4.07. The van der Waals surface area contributed by atoms with Gasteiger partial charge >= 0.3 is 0 Å². The number of rotatable bonds is 1. The summed E-state index contributed by atoms with van der Waals surface area (Å²) in [6.45, 7) is 2.03. The minimum Gasteiger partial charge on any atom is -0.239 e. The van der Waals surface area contributed by atoms with Crippen LogP contribution < -0.4 is 0 Å². The Bertz CT molecular complexity index is 442. The molecule has 0 saturated carbocycles. The Hall–Kier alpha value is -1.22. The molecule has 4 heteroatoms. The maximum atomic E-state index is 5.78. The van der Waals surface area contributed by atoms with Gasteiger partial charge in [-0.1, -0.05) is 18.5 Å². The molecule has 0 aliphatic heterocycles. The van der Waals surface area contributed by atoms with E-state index in [1.54, 1.807) is 12.4 Å². The fourth-order valence-corrected chi connectivity index (χ4v) is 1.37. The molecule has 3 nitrogen and oxygen atoms in total. The lowest BCUT2D eigenvalue weighted by Gasteiger charge is -2.00. The van der Waals surface area contributed by atoms with Gasteiger partial charge in [0.2, 0.25) is 0 Å². The quantitative estimate of drug-likeness (QED) is 0.652. The average molecular weight is 194 g/mol. The first-order chi connectivity index (χ1) is 6.31. The van der Waals surface area contributed by atoms with Crippen LogP contribution in [0.4, 0.5) is 0 Å². The highest BCUT2D eigenvalue weighted by Crippen LogP contribution is 2.15. The number of aryl methyl sites for hydroxylation is 1. The maximum absolute atomic E-state index is 5.78. The van der Waals surface area contributed by atoms with Gasteiger partial charge in [-0.3, -0.25) is 0 Å². The molecule has 0 radical (unpaired) electrons. The third kappa shape index (κ3) is 1.47. The van der Waals surface area contributed by atoms with Gasteiger partial charge in [0.1, 0.15) is 17.0 Å². The summed E-state index contributed by atoms with van der Waals surface area (Å²) in [6.07, 6.45) is 2.39. The lowest BCUT2D eigenvalue weighted by Crippen LogP contribution is -1.93. The van der Waals surface area contributed by atoms with Crippen molar-refractivity contribution in [3.63, 3.8) is 0 Å². The minimum absolute atomic E-state index is 0.483. The van der Waals surface area contributed by atoms with Crippen LogP contribution in [0, 0.1) is 0 Å². The highest BCUT2D eigenvalue weighted by molar-refractivity contribution is 6.29. The fraction of sp³-hybridized carbons (Fsp3) is 0.222. The van der Waals surface area contributed by atoms with E-state index in [-0.39, 0.29) is 0 Å². The van der Waals surface area contributed by atoms with Gasteiger partial charge in [0.15, 0.2) is 0 Å². The number of aromatic nitrogens is 3. The average Bonchev–Trinajstić information content (AvgIpc) is 2.17. The molecule has 2 aromatic rings. The number of hydrogen-bond acceptors (Lipinski definition) is 3. The van der Waals surface area contributed by atoms with E-state index in [9.17, 15) is 0 Å². The largest absolute Gasteiger partial charge is 0.239 e. The van der Waals surface area contributed by atoms with E-state index < -0.39 is 0 Å². The van der Waals surface area contributed by atoms with Crippen molar-refractivity contribution in [1.29, 1.82) is 0 Å². The van der Waals surface area contributed by atoms with Gasteiger partial charge in [0.25, 0.3) is 0 Å². The Balaban J connectivity index is 2.79. The zero-order valence-electron chi connectivity index (χ0n) is 7.16. The topological polar surface area (TPSA) is 38.7 Å². The van der Waals surface area contributed by atoms with Gasteiger partial charge in [0.05, 0.1) is 11.2 Å². The highest BCUT2D eigenvalue weighted by Gasteiger charge is 2.02. The van der Waals surface area contributed by atoms with Crippen molar-refractivity contribution in [3.8, 4) is 0 Å². The highest BCUT2D eigenvalue weighted by atomic mass is 35.5. The molecule has 66 valence electrons. The molecule has 0 atom stereocenters. The van der Waals surface area contributed by atoms with Crippen LogP contribution in [0.25, 0.3) is 11.0 Å². The molecule has 0 fully saturated rings. The normalized spacial score (nSPS) is 10.6. The van der Waals surface area contributed by atoms with Crippen LogP contribution in [-0.2, 0) is 6.42 Å². The Morgan fingerprint density at radius 1 is 1.31 bits per heavy atom. The van der Waals surface area contributed by atoms with Crippen LogP contribution in [0.1, 0.15) is 12.6 Å². The number of halogens is 1. The van der Waals surface area contributed by atoms with E-state index >= 15 is 0 Å². The second-order valence-electron chi connectivity index (χ2n) is 2.68. The smallest absolute Gasteiger partial charge is 0.129 e. The number of nitrogens with zero attached hydrogens (tertiary/aromatic N) is 3. The molecular weight excluding hydrogens is 186 g/mol. The van der Waals surface area contributed by atoms with Crippen molar-refractivity contribution in [1.82, 2.24) is 15.0 Å². The van der Waals surface area contributed by atoms with Crippen molar-refractivity contribution >= 4 is 22.6 Å². The molecule has 0 spiro atoms. The van der Waals surface area contributed by atoms with E-state index in [0.29, 0.717) is 5.15 Å². The predicted molar refractivity (Wildman–Crippen MR) is 51.7 cm³/mol. The van der Waals surface area contributed by atoms with Crippen LogP contribution in [0.5, 0.6) is 0 Å². The van der Waals surface area contributed by atoms with Crippen LogP contribution in [-0.4, -0.2) is 15.0 Å². The van der Waals surface area contributed by atoms with E-state index in [4.69, 9.17) is 11.6 Å². The standard InChI is InChI=1S/C9H8ClN3/c1-2-6-9-7(12-5-11-6)3-4-8(10)13-9/h3-5H,2H2,1H3. The molecule has 2 heterocycles. The van der Waals surface area contributed by atoms with Crippen LogP contribution in [0.15, 0.2) is 18.5 Å². The summed E-state index contributed by atoms with van der Waals surface area (Å²) in [5, 5.41) is 0.483. The molecule has 0 aromatic carbocycles. The second kappa shape index (κ2) is 3.26. The van der Waals surface area contributed by atoms with Gasteiger partial charge in [0, 0.05) is 0 Å². The Morgan fingerprint density at radius 3 is 2.92 bits per heavy atom. The SMILES string of the molecule is CCc1ncnc2ccc(Cl)nc12. The van der Waals surface area contributed by atoms with Crippen molar-refractivity contribution < 1.29 is 0 Å². The first-order valence-corrected chi connectivity index (χ1v) is 4.45. The van der Waals surface area contributed by atoms with Gasteiger partial charge in [-0.15, -0.1) is 0 Å². The third-order valence-corrected chi connectivity index (χ3v) is 2.07. The van der Waals surface area contributed by atoms with Crippen LogP contribution in [0.3, 0.4) is 0 Å². The van der Waals surface area contributed by atoms with Crippen LogP contribution >= 0.6 is 11.6 Å². The lowest BCUT2D eigenvalue weighted by molar-refractivity contribution is 1.02. The lowest BCUT2D eigenvalue weighted by atomic mass is 10.2. The molecule has 0 aliphatic rings. The summed E-state index contributed by atoms with van der Waals surface area (Å²) in [7, 11) is 0. The second-order valence-corrected chi connectivity index (χ2v) is 3.06. The Labute approximate surface area is 80.8 Å². The van der Waals surface area contributed by atoms with Crippen molar-refractivity contribution in [2.24, 2.45) is 0 Å². The summed E-state index contributed by atoms with van der Waals surface area (Å²) in [4.78, 5) is 12.4. The Morgan fingerprint density at radius 2 is 2.15 bits per heavy atom. The molecule has 0 aliphatic carbocycles. The first kappa shape index (κ1) is 8.38.